The number of nitrogens with one attached hydrogen (secondary N) is 1. The minimum Gasteiger partial charge on any atom is -0.490 e. The van der Waals surface area contributed by atoms with Crippen LogP contribution >= 0.6 is 0 Å². The van der Waals surface area contributed by atoms with Crippen molar-refractivity contribution in [2.45, 2.75) is 0 Å². The summed E-state index contributed by atoms with van der Waals surface area (Å²) in [5.74, 6) is -0.0845. The number of carboxylic acid groups (broad SMARTS) is 1. The van der Waals surface area contributed by atoms with Gasteiger partial charge in [0.05, 0.1) is 17.5 Å². The highest BCUT2D eigenvalue weighted by molar-refractivity contribution is 7.92. The molecule has 128 valence electrons. The molecule has 0 amide bonds. The molecule has 0 radical (unpaired) electrons. The average Bonchev–Trinajstić information content (AvgIpc) is 2.52. The zero-order chi connectivity index (χ0) is 17.6. The van der Waals surface area contributed by atoms with E-state index in [1.54, 1.807) is 36.4 Å². The average molecular weight is 351 g/mol. The number of benzene rings is 2. The Balaban J connectivity index is 1.87. The molecule has 0 atom stereocenters. The molecule has 8 heteroatoms. The third kappa shape index (κ3) is 5.47. The lowest BCUT2D eigenvalue weighted by molar-refractivity contribution is 0.0697. The summed E-state index contributed by atoms with van der Waals surface area (Å²) in [6, 6.07) is 12.7. The van der Waals surface area contributed by atoms with Crippen molar-refractivity contribution in [3.8, 4) is 11.5 Å². The molecule has 0 aliphatic carbocycles. The van der Waals surface area contributed by atoms with Gasteiger partial charge < -0.3 is 14.6 Å². The first-order valence-electron chi connectivity index (χ1n) is 7.01. The highest BCUT2D eigenvalue weighted by atomic mass is 32.2. The molecule has 0 fully saturated rings. The quantitative estimate of drug-likeness (QED) is 0.707. The molecule has 0 bridgehead atoms. The second kappa shape index (κ2) is 7.69. The third-order valence-electron chi connectivity index (χ3n) is 2.89. The molecule has 0 saturated carbocycles. The summed E-state index contributed by atoms with van der Waals surface area (Å²) >= 11 is 0. The molecular formula is C16H17NO6S. The number of para-hydroxylation sites is 2. The zero-order valence-electron chi connectivity index (χ0n) is 12.9. The Morgan fingerprint density at radius 1 is 1.04 bits per heavy atom. The van der Waals surface area contributed by atoms with Gasteiger partial charge >= 0.3 is 5.97 Å². The SMILES string of the molecule is CS(=O)(=O)Nc1ccccc1OCCOc1ccc(C(=O)O)cc1. The second-order valence-electron chi connectivity index (χ2n) is 4.90. The van der Waals surface area contributed by atoms with Crippen LogP contribution in [0.5, 0.6) is 11.5 Å². The van der Waals surface area contributed by atoms with Gasteiger partial charge in [-0.2, -0.15) is 0 Å². The Hall–Kier alpha value is -2.74. The molecule has 0 unspecified atom stereocenters. The van der Waals surface area contributed by atoms with Crippen LogP contribution in [0.25, 0.3) is 0 Å². The number of anilines is 1. The molecule has 24 heavy (non-hydrogen) atoms. The molecular weight excluding hydrogens is 334 g/mol. The van der Waals surface area contributed by atoms with Crippen LogP contribution in [0.2, 0.25) is 0 Å². The fourth-order valence-electron chi connectivity index (χ4n) is 1.88. The number of sulfonamides is 1. The van der Waals surface area contributed by atoms with Crippen LogP contribution in [-0.4, -0.2) is 39.0 Å². The van der Waals surface area contributed by atoms with E-state index in [9.17, 15) is 13.2 Å². The van der Waals surface area contributed by atoms with E-state index in [1.807, 2.05) is 0 Å². The van der Waals surface area contributed by atoms with E-state index in [-0.39, 0.29) is 18.8 Å². The van der Waals surface area contributed by atoms with Crippen molar-refractivity contribution in [1.82, 2.24) is 0 Å². The van der Waals surface area contributed by atoms with Gasteiger partial charge in [-0.25, -0.2) is 13.2 Å². The molecule has 7 nitrogen and oxygen atoms in total. The fourth-order valence-corrected chi connectivity index (χ4v) is 2.45. The number of aromatic carboxylic acids is 1. The van der Waals surface area contributed by atoms with Crippen molar-refractivity contribution in [1.29, 1.82) is 0 Å². The first kappa shape index (κ1) is 17.6. The molecule has 0 aliphatic heterocycles. The number of ether oxygens (including phenoxy) is 2. The number of carboxylic acids is 1. The predicted molar refractivity (Wildman–Crippen MR) is 89.3 cm³/mol. The molecule has 2 rings (SSSR count). The molecule has 0 saturated heterocycles. The molecule has 2 aromatic carbocycles. The van der Waals surface area contributed by atoms with E-state index >= 15 is 0 Å². The highest BCUT2D eigenvalue weighted by Gasteiger charge is 2.08. The van der Waals surface area contributed by atoms with Crippen LogP contribution in [0.3, 0.4) is 0 Å². The number of hydrogen-bond acceptors (Lipinski definition) is 5. The van der Waals surface area contributed by atoms with Crippen LogP contribution in [0.15, 0.2) is 48.5 Å². The monoisotopic (exact) mass is 351 g/mol. The van der Waals surface area contributed by atoms with Crippen molar-refractivity contribution in [3.05, 3.63) is 54.1 Å². The first-order valence-corrected chi connectivity index (χ1v) is 8.90. The van der Waals surface area contributed by atoms with Crippen LogP contribution in [0.4, 0.5) is 5.69 Å². The van der Waals surface area contributed by atoms with Crippen molar-refractivity contribution >= 4 is 21.7 Å². The van der Waals surface area contributed by atoms with Gasteiger partial charge in [0.2, 0.25) is 10.0 Å². The summed E-state index contributed by atoms with van der Waals surface area (Å²) in [5.41, 5.74) is 0.533. The van der Waals surface area contributed by atoms with Gasteiger partial charge in [-0.05, 0) is 36.4 Å². The Kier molecular flexibility index (Phi) is 5.64. The summed E-state index contributed by atoms with van der Waals surface area (Å²) < 4.78 is 36.0. The van der Waals surface area contributed by atoms with E-state index in [2.05, 4.69) is 4.72 Å². The zero-order valence-corrected chi connectivity index (χ0v) is 13.7. The van der Waals surface area contributed by atoms with Gasteiger partial charge in [0.1, 0.15) is 24.7 Å². The highest BCUT2D eigenvalue weighted by Crippen LogP contribution is 2.24. The van der Waals surface area contributed by atoms with Gasteiger partial charge in [0, 0.05) is 0 Å². The topological polar surface area (TPSA) is 102 Å². The first-order chi connectivity index (χ1) is 11.3. The van der Waals surface area contributed by atoms with E-state index in [0.717, 1.165) is 6.26 Å². The normalized spacial score (nSPS) is 10.9. The standard InChI is InChI=1S/C16H17NO6S/c1-24(20,21)17-14-4-2-3-5-15(14)23-11-10-22-13-8-6-12(7-9-13)16(18)19/h2-9,17H,10-11H2,1H3,(H,18,19). The summed E-state index contributed by atoms with van der Waals surface area (Å²) in [6.45, 7) is 0.419. The van der Waals surface area contributed by atoms with Crippen molar-refractivity contribution in [2.24, 2.45) is 0 Å². The molecule has 0 heterocycles. The Morgan fingerprint density at radius 3 is 2.29 bits per heavy atom. The lowest BCUT2D eigenvalue weighted by Gasteiger charge is -2.12. The minimum atomic E-state index is -3.39. The van der Waals surface area contributed by atoms with Crippen LogP contribution in [0, 0.1) is 0 Å². The Bertz CT molecular complexity index is 802. The van der Waals surface area contributed by atoms with Gasteiger partial charge in [-0.3, -0.25) is 4.72 Å². The summed E-state index contributed by atoms with van der Waals surface area (Å²) in [4.78, 5) is 10.8. The second-order valence-corrected chi connectivity index (χ2v) is 6.65. The fraction of sp³-hybridized carbons (Fsp3) is 0.188. The molecule has 0 aliphatic rings. The molecule has 0 aromatic heterocycles. The minimum absolute atomic E-state index is 0.180. The number of hydrogen-bond donors (Lipinski definition) is 2. The van der Waals surface area contributed by atoms with Crippen molar-refractivity contribution < 1.29 is 27.8 Å². The van der Waals surface area contributed by atoms with Crippen LogP contribution in [-0.2, 0) is 10.0 Å². The van der Waals surface area contributed by atoms with Crippen molar-refractivity contribution in [2.75, 3.05) is 24.2 Å². The van der Waals surface area contributed by atoms with Gasteiger partial charge in [-0.15, -0.1) is 0 Å². The maximum Gasteiger partial charge on any atom is 0.335 e. The summed E-state index contributed by atoms with van der Waals surface area (Å²) in [6.07, 6.45) is 1.06. The maximum atomic E-state index is 11.3. The van der Waals surface area contributed by atoms with Crippen molar-refractivity contribution in [3.63, 3.8) is 0 Å². The lowest BCUT2D eigenvalue weighted by atomic mass is 10.2. The molecule has 2 N–H and O–H groups in total. The maximum absolute atomic E-state index is 11.3. The van der Waals surface area contributed by atoms with E-state index in [1.165, 1.54) is 12.1 Å². The smallest absolute Gasteiger partial charge is 0.335 e. The third-order valence-corrected chi connectivity index (χ3v) is 3.48. The Morgan fingerprint density at radius 2 is 1.67 bits per heavy atom. The summed E-state index contributed by atoms with van der Waals surface area (Å²) in [5, 5.41) is 8.81. The van der Waals surface area contributed by atoms with E-state index < -0.39 is 16.0 Å². The molecule has 0 spiro atoms. The van der Waals surface area contributed by atoms with E-state index in [4.69, 9.17) is 14.6 Å². The van der Waals surface area contributed by atoms with Gasteiger partial charge in [0.25, 0.3) is 0 Å². The largest absolute Gasteiger partial charge is 0.490 e. The van der Waals surface area contributed by atoms with Gasteiger partial charge in [0.15, 0.2) is 0 Å². The predicted octanol–water partition coefficient (Wildman–Crippen LogP) is 2.21. The van der Waals surface area contributed by atoms with Crippen LogP contribution < -0.4 is 14.2 Å². The number of rotatable bonds is 8. The van der Waals surface area contributed by atoms with Gasteiger partial charge in [-0.1, -0.05) is 12.1 Å². The van der Waals surface area contributed by atoms with E-state index in [0.29, 0.717) is 17.2 Å². The molecule has 2 aromatic rings. The lowest BCUT2D eigenvalue weighted by Crippen LogP contribution is -2.13. The van der Waals surface area contributed by atoms with Crippen LogP contribution in [0.1, 0.15) is 10.4 Å². The summed E-state index contributed by atoms with van der Waals surface area (Å²) in [7, 11) is -3.39. The number of carbonyl (C=O) groups is 1. The Labute approximate surface area is 139 Å².